The Morgan fingerprint density at radius 3 is 2.77 bits per heavy atom. The number of amides is 2. The van der Waals surface area contributed by atoms with E-state index < -0.39 is 12.1 Å². The number of nitrogens with one attached hydrogen (secondary N) is 1. The predicted molar refractivity (Wildman–Crippen MR) is 101 cm³/mol. The maximum Gasteiger partial charge on any atom is 0.411 e. The van der Waals surface area contributed by atoms with Crippen LogP contribution in [0.4, 0.5) is 10.5 Å². The van der Waals surface area contributed by atoms with Gasteiger partial charge in [0.1, 0.15) is 18.4 Å². The van der Waals surface area contributed by atoms with Crippen molar-refractivity contribution in [3.8, 4) is 5.75 Å². The zero-order valence-corrected chi connectivity index (χ0v) is 15.2. The first kappa shape index (κ1) is 18.1. The molecule has 1 heterocycles. The minimum Gasteiger partial charge on any atom is -0.497 e. The van der Waals surface area contributed by atoms with Crippen LogP contribution in [0, 0.1) is 0 Å². The number of hydrogen-bond acceptors (Lipinski definition) is 5. The molecular weight excluding hydrogens is 352 g/mol. The Balaban J connectivity index is 1.59. The van der Waals surface area contributed by atoms with E-state index in [1.165, 1.54) is 16.7 Å². The molecule has 0 saturated carbocycles. The quantitative estimate of drug-likeness (QED) is 0.872. The summed E-state index contributed by atoms with van der Waals surface area (Å²) in [7, 11) is 1.57. The van der Waals surface area contributed by atoms with Crippen LogP contribution in [0.5, 0.6) is 5.75 Å². The fourth-order valence-corrected chi connectivity index (χ4v) is 3.71. The van der Waals surface area contributed by atoms with Gasteiger partial charge in [-0.1, -0.05) is 36.4 Å². The molecule has 2 aromatic carbocycles. The molecule has 0 radical (unpaired) electrons. The first-order valence-electron chi connectivity index (χ1n) is 8.17. The third-order valence-corrected chi connectivity index (χ3v) is 4.97. The fourth-order valence-electron chi connectivity index (χ4n) is 2.57. The molecule has 6 nitrogen and oxygen atoms in total. The molecule has 0 aromatic heterocycles. The summed E-state index contributed by atoms with van der Waals surface area (Å²) in [5.74, 6) is 1.39. The largest absolute Gasteiger partial charge is 0.497 e. The SMILES string of the molecule is COc1cccc(NC(=O)[C@@H]2CSCN2C(=O)OCc2ccccc2)c1. The molecule has 1 atom stereocenters. The van der Waals surface area contributed by atoms with E-state index in [9.17, 15) is 9.59 Å². The van der Waals surface area contributed by atoms with Crippen molar-refractivity contribution >= 4 is 29.4 Å². The first-order valence-corrected chi connectivity index (χ1v) is 9.33. The molecule has 26 heavy (non-hydrogen) atoms. The summed E-state index contributed by atoms with van der Waals surface area (Å²) < 4.78 is 10.5. The molecule has 1 fully saturated rings. The molecule has 2 amide bonds. The smallest absolute Gasteiger partial charge is 0.411 e. The average molecular weight is 372 g/mol. The lowest BCUT2D eigenvalue weighted by Crippen LogP contribution is -2.44. The number of methoxy groups -OCH3 is 1. The molecule has 2 aromatic rings. The Kier molecular flexibility index (Phi) is 6.01. The maximum atomic E-state index is 12.6. The zero-order chi connectivity index (χ0) is 18.4. The van der Waals surface area contributed by atoms with Crippen LogP contribution < -0.4 is 10.1 Å². The van der Waals surface area contributed by atoms with Gasteiger partial charge in [0.15, 0.2) is 0 Å². The Hall–Kier alpha value is -2.67. The van der Waals surface area contributed by atoms with E-state index in [-0.39, 0.29) is 12.5 Å². The highest BCUT2D eigenvalue weighted by Crippen LogP contribution is 2.24. The second kappa shape index (κ2) is 8.62. The number of thioether (sulfide) groups is 1. The number of hydrogen-bond donors (Lipinski definition) is 1. The van der Waals surface area contributed by atoms with Crippen molar-refractivity contribution in [3.05, 3.63) is 60.2 Å². The summed E-state index contributed by atoms with van der Waals surface area (Å²) in [5, 5.41) is 2.84. The molecule has 136 valence electrons. The number of ether oxygens (including phenoxy) is 2. The summed E-state index contributed by atoms with van der Waals surface area (Å²) in [5.41, 5.74) is 1.54. The highest BCUT2D eigenvalue weighted by atomic mass is 32.2. The lowest BCUT2D eigenvalue weighted by molar-refractivity contribution is -0.119. The molecule has 7 heteroatoms. The van der Waals surface area contributed by atoms with Gasteiger partial charge >= 0.3 is 6.09 Å². The topological polar surface area (TPSA) is 67.9 Å². The fraction of sp³-hybridized carbons (Fsp3) is 0.263. The molecule has 1 aliphatic rings. The van der Waals surface area contributed by atoms with Gasteiger partial charge in [-0.05, 0) is 17.7 Å². The van der Waals surface area contributed by atoms with Gasteiger partial charge in [-0.3, -0.25) is 9.69 Å². The van der Waals surface area contributed by atoms with Crippen molar-refractivity contribution in [2.24, 2.45) is 0 Å². The standard InChI is InChI=1S/C19H20N2O4S/c1-24-16-9-5-8-15(10-16)20-18(22)17-12-26-13-21(17)19(23)25-11-14-6-3-2-4-7-14/h2-10,17H,11-13H2,1H3,(H,20,22)/t17-/m0/s1. The van der Waals surface area contributed by atoms with Crippen molar-refractivity contribution in [2.75, 3.05) is 24.1 Å². The molecule has 1 aliphatic heterocycles. The van der Waals surface area contributed by atoms with Crippen LogP contribution in [0.15, 0.2) is 54.6 Å². The van der Waals surface area contributed by atoms with Crippen molar-refractivity contribution in [3.63, 3.8) is 0 Å². The number of carbonyl (C=O) groups excluding carboxylic acids is 2. The second-order valence-electron chi connectivity index (χ2n) is 5.75. The van der Waals surface area contributed by atoms with Gasteiger partial charge < -0.3 is 14.8 Å². The van der Waals surface area contributed by atoms with Crippen LogP contribution in [-0.4, -0.2) is 41.7 Å². The van der Waals surface area contributed by atoms with Crippen molar-refractivity contribution in [1.29, 1.82) is 0 Å². The number of nitrogens with zero attached hydrogens (tertiary/aromatic N) is 1. The van der Waals surface area contributed by atoms with E-state index in [1.807, 2.05) is 30.3 Å². The van der Waals surface area contributed by atoms with Gasteiger partial charge in [-0.2, -0.15) is 0 Å². The zero-order valence-electron chi connectivity index (χ0n) is 14.4. The van der Waals surface area contributed by atoms with Gasteiger partial charge in [-0.25, -0.2) is 4.79 Å². The van der Waals surface area contributed by atoms with E-state index in [0.717, 1.165) is 5.56 Å². The van der Waals surface area contributed by atoms with Crippen LogP contribution in [0.2, 0.25) is 0 Å². The number of rotatable bonds is 5. The Morgan fingerprint density at radius 1 is 1.19 bits per heavy atom. The molecule has 1 saturated heterocycles. The first-order chi connectivity index (χ1) is 12.7. The normalized spacial score (nSPS) is 16.2. The van der Waals surface area contributed by atoms with E-state index in [4.69, 9.17) is 9.47 Å². The molecule has 1 N–H and O–H groups in total. The van der Waals surface area contributed by atoms with Crippen molar-refractivity contribution < 1.29 is 19.1 Å². The monoisotopic (exact) mass is 372 g/mol. The van der Waals surface area contributed by atoms with Gasteiger partial charge in [0, 0.05) is 17.5 Å². The summed E-state index contributed by atoms with van der Waals surface area (Å²) in [4.78, 5) is 26.4. The van der Waals surface area contributed by atoms with Gasteiger partial charge in [0.25, 0.3) is 0 Å². The molecule has 3 rings (SSSR count). The van der Waals surface area contributed by atoms with Crippen LogP contribution in [0.3, 0.4) is 0 Å². The van der Waals surface area contributed by atoms with Crippen LogP contribution in [0.25, 0.3) is 0 Å². The van der Waals surface area contributed by atoms with E-state index in [0.29, 0.717) is 23.1 Å². The molecule has 0 aliphatic carbocycles. The third-order valence-electron chi connectivity index (χ3n) is 3.96. The van der Waals surface area contributed by atoms with Gasteiger partial charge in [-0.15, -0.1) is 11.8 Å². The van der Waals surface area contributed by atoms with Gasteiger partial charge in [0.2, 0.25) is 5.91 Å². The van der Waals surface area contributed by atoms with Crippen molar-refractivity contribution in [1.82, 2.24) is 4.90 Å². The highest BCUT2D eigenvalue weighted by Gasteiger charge is 2.35. The summed E-state index contributed by atoms with van der Waals surface area (Å²) in [6.07, 6.45) is -0.482. The Bertz CT molecular complexity index is 769. The van der Waals surface area contributed by atoms with Crippen LogP contribution >= 0.6 is 11.8 Å². The molecule has 0 bridgehead atoms. The number of benzene rings is 2. The van der Waals surface area contributed by atoms with Crippen LogP contribution in [-0.2, 0) is 16.1 Å². The summed E-state index contributed by atoms with van der Waals surface area (Å²) in [6.45, 7) is 0.186. The van der Waals surface area contributed by atoms with E-state index in [1.54, 1.807) is 31.4 Å². The van der Waals surface area contributed by atoms with Gasteiger partial charge in [0.05, 0.1) is 13.0 Å². The summed E-state index contributed by atoms with van der Waals surface area (Å²) in [6, 6.07) is 16.0. The average Bonchev–Trinajstić information content (AvgIpc) is 3.17. The lowest BCUT2D eigenvalue weighted by Gasteiger charge is -2.22. The molecule has 0 unspecified atom stereocenters. The summed E-state index contributed by atoms with van der Waals surface area (Å²) >= 11 is 1.53. The minimum atomic E-state index is -0.561. The van der Waals surface area contributed by atoms with E-state index >= 15 is 0 Å². The number of anilines is 1. The lowest BCUT2D eigenvalue weighted by atomic mass is 10.2. The second-order valence-corrected chi connectivity index (χ2v) is 6.75. The predicted octanol–water partition coefficient (Wildman–Crippen LogP) is 3.35. The van der Waals surface area contributed by atoms with Crippen LogP contribution in [0.1, 0.15) is 5.56 Å². The third kappa shape index (κ3) is 4.49. The molecular formula is C19H20N2O4S. The number of carbonyl (C=O) groups is 2. The molecule has 0 spiro atoms. The highest BCUT2D eigenvalue weighted by molar-refractivity contribution is 7.99. The Morgan fingerprint density at radius 2 is 2.00 bits per heavy atom. The minimum absolute atomic E-state index is 0.186. The van der Waals surface area contributed by atoms with Crippen molar-refractivity contribution in [2.45, 2.75) is 12.6 Å². The van der Waals surface area contributed by atoms with E-state index in [2.05, 4.69) is 5.32 Å². The maximum absolute atomic E-state index is 12.6. The Labute approximate surface area is 156 Å².